The van der Waals surface area contributed by atoms with Crippen LogP contribution in [-0.2, 0) is 16.0 Å². The standard InChI is InChI=1S/C13H20N2O2S/c1-4-15(9-12(16)14-10(2)3)13(17)8-11-6-5-7-18-11/h5-7,10H,4,8-9H2,1-3H3,(H,14,16). The van der Waals surface area contributed by atoms with Crippen molar-refractivity contribution in [1.29, 1.82) is 0 Å². The third-order valence-corrected chi connectivity index (χ3v) is 3.30. The van der Waals surface area contributed by atoms with E-state index in [0.29, 0.717) is 13.0 Å². The minimum atomic E-state index is -0.105. The summed E-state index contributed by atoms with van der Waals surface area (Å²) in [6.07, 6.45) is 0.375. The fraction of sp³-hybridized carbons (Fsp3) is 0.538. The Kier molecular flexibility index (Phi) is 5.85. The van der Waals surface area contributed by atoms with Crippen molar-refractivity contribution < 1.29 is 9.59 Å². The van der Waals surface area contributed by atoms with Gasteiger partial charge in [0.2, 0.25) is 11.8 Å². The van der Waals surface area contributed by atoms with Crippen molar-refractivity contribution in [2.45, 2.75) is 33.2 Å². The zero-order valence-corrected chi connectivity index (χ0v) is 11.9. The van der Waals surface area contributed by atoms with Gasteiger partial charge >= 0.3 is 0 Å². The summed E-state index contributed by atoms with van der Waals surface area (Å²) in [5.74, 6) is -0.106. The molecular weight excluding hydrogens is 248 g/mol. The SMILES string of the molecule is CCN(CC(=O)NC(C)C)C(=O)Cc1cccs1. The maximum Gasteiger partial charge on any atom is 0.239 e. The zero-order valence-electron chi connectivity index (χ0n) is 11.1. The lowest BCUT2D eigenvalue weighted by Gasteiger charge is -2.20. The molecule has 0 aromatic carbocycles. The normalized spacial score (nSPS) is 10.4. The van der Waals surface area contributed by atoms with Gasteiger partial charge in [0.25, 0.3) is 0 Å². The molecule has 4 nitrogen and oxygen atoms in total. The minimum absolute atomic E-state index is 0.00106. The highest BCUT2D eigenvalue weighted by atomic mass is 32.1. The van der Waals surface area contributed by atoms with Gasteiger partial charge < -0.3 is 10.2 Å². The van der Waals surface area contributed by atoms with Crippen molar-refractivity contribution >= 4 is 23.2 Å². The lowest BCUT2D eigenvalue weighted by atomic mass is 10.3. The average molecular weight is 268 g/mol. The second kappa shape index (κ2) is 7.16. The van der Waals surface area contributed by atoms with Crippen molar-refractivity contribution in [3.05, 3.63) is 22.4 Å². The highest BCUT2D eigenvalue weighted by molar-refractivity contribution is 7.10. The number of hydrogen-bond donors (Lipinski definition) is 1. The fourth-order valence-electron chi connectivity index (χ4n) is 1.59. The highest BCUT2D eigenvalue weighted by Gasteiger charge is 2.16. The second-order valence-electron chi connectivity index (χ2n) is 4.39. The van der Waals surface area contributed by atoms with E-state index in [2.05, 4.69) is 5.32 Å². The maximum atomic E-state index is 12.0. The zero-order chi connectivity index (χ0) is 13.5. The summed E-state index contributed by atoms with van der Waals surface area (Å²) in [6.45, 7) is 6.38. The number of carbonyl (C=O) groups excluding carboxylic acids is 2. The molecule has 0 radical (unpaired) electrons. The summed E-state index contributed by atoms with van der Waals surface area (Å²) < 4.78 is 0. The molecule has 5 heteroatoms. The van der Waals surface area contributed by atoms with Gasteiger partial charge in [-0.05, 0) is 32.2 Å². The molecule has 0 unspecified atom stereocenters. The van der Waals surface area contributed by atoms with Crippen LogP contribution in [0.2, 0.25) is 0 Å². The van der Waals surface area contributed by atoms with Crippen LogP contribution in [-0.4, -0.2) is 35.8 Å². The van der Waals surface area contributed by atoms with Crippen molar-refractivity contribution in [3.8, 4) is 0 Å². The maximum absolute atomic E-state index is 12.0. The molecular formula is C13H20N2O2S. The van der Waals surface area contributed by atoms with Gasteiger partial charge in [0.1, 0.15) is 0 Å². The molecule has 0 spiro atoms. The smallest absolute Gasteiger partial charge is 0.239 e. The molecule has 0 aliphatic carbocycles. The first-order valence-corrected chi connectivity index (χ1v) is 7.00. The lowest BCUT2D eigenvalue weighted by Crippen LogP contribution is -2.43. The molecule has 100 valence electrons. The van der Waals surface area contributed by atoms with E-state index >= 15 is 0 Å². The van der Waals surface area contributed by atoms with Crippen LogP contribution in [0.3, 0.4) is 0 Å². The molecule has 0 fully saturated rings. The van der Waals surface area contributed by atoms with Gasteiger partial charge in [-0.25, -0.2) is 0 Å². The van der Waals surface area contributed by atoms with Crippen LogP contribution in [0.15, 0.2) is 17.5 Å². The summed E-state index contributed by atoms with van der Waals surface area (Å²) in [7, 11) is 0. The molecule has 0 atom stereocenters. The van der Waals surface area contributed by atoms with E-state index in [1.165, 1.54) is 0 Å². The van der Waals surface area contributed by atoms with Gasteiger partial charge in [0.15, 0.2) is 0 Å². The van der Waals surface area contributed by atoms with Crippen LogP contribution in [0.4, 0.5) is 0 Å². The highest BCUT2D eigenvalue weighted by Crippen LogP contribution is 2.10. The summed E-state index contributed by atoms with van der Waals surface area (Å²) in [5, 5.41) is 4.74. The van der Waals surface area contributed by atoms with Crippen LogP contribution in [0.1, 0.15) is 25.6 Å². The predicted molar refractivity (Wildman–Crippen MR) is 73.6 cm³/mol. The Balaban J connectivity index is 2.49. The minimum Gasteiger partial charge on any atom is -0.352 e. The van der Waals surface area contributed by atoms with Gasteiger partial charge in [-0.1, -0.05) is 6.07 Å². The Bertz CT molecular complexity index is 388. The van der Waals surface area contributed by atoms with E-state index in [1.807, 2.05) is 38.3 Å². The predicted octanol–water partition coefficient (Wildman–Crippen LogP) is 1.66. The van der Waals surface area contributed by atoms with Gasteiger partial charge in [-0.15, -0.1) is 11.3 Å². The van der Waals surface area contributed by atoms with Crippen molar-refractivity contribution in [2.24, 2.45) is 0 Å². The molecule has 1 N–H and O–H groups in total. The van der Waals surface area contributed by atoms with Crippen LogP contribution >= 0.6 is 11.3 Å². The number of nitrogens with one attached hydrogen (secondary N) is 1. The molecule has 0 saturated carbocycles. The van der Waals surface area contributed by atoms with Crippen LogP contribution in [0, 0.1) is 0 Å². The number of hydrogen-bond acceptors (Lipinski definition) is 3. The molecule has 0 saturated heterocycles. The van der Waals surface area contributed by atoms with Gasteiger partial charge in [0.05, 0.1) is 13.0 Å². The number of thiophene rings is 1. The topological polar surface area (TPSA) is 49.4 Å². The molecule has 1 aromatic heterocycles. The molecule has 1 aromatic rings. The van der Waals surface area contributed by atoms with E-state index in [0.717, 1.165) is 4.88 Å². The largest absolute Gasteiger partial charge is 0.352 e. The first kappa shape index (κ1) is 14.7. The Morgan fingerprint density at radius 2 is 2.17 bits per heavy atom. The van der Waals surface area contributed by atoms with E-state index in [1.54, 1.807) is 16.2 Å². The molecule has 1 heterocycles. The Hall–Kier alpha value is -1.36. The Morgan fingerprint density at radius 1 is 1.44 bits per heavy atom. The monoisotopic (exact) mass is 268 g/mol. The summed E-state index contributed by atoms with van der Waals surface area (Å²) in [6, 6.07) is 3.96. The second-order valence-corrected chi connectivity index (χ2v) is 5.42. The van der Waals surface area contributed by atoms with Crippen LogP contribution < -0.4 is 5.32 Å². The van der Waals surface area contributed by atoms with E-state index in [-0.39, 0.29) is 24.4 Å². The van der Waals surface area contributed by atoms with Gasteiger partial charge in [-0.2, -0.15) is 0 Å². The van der Waals surface area contributed by atoms with E-state index in [4.69, 9.17) is 0 Å². The quantitative estimate of drug-likeness (QED) is 0.853. The third kappa shape index (κ3) is 4.87. The average Bonchev–Trinajstić information content (AvgIpc) is 2.77. The number of likely N-dealkylation sites (N-methyl/N-ethyl adjacent to an activating group) is 1. The number of amides is 2. The molecule has 18 heavy (non-hydrogen) atoms. The van der Waals surface area contributed by atoms with Crippen LogP contribution in [0.5, 0.6) is 0 Å². The van der Waals surface area contributed by atoms with Gasteiger partial charge in [0, 0.05) is 17.5 Å². The number of rotatable bonds is 6. The molecule has 0 aliphatic rings. The van der Waals surface area contributed by atoms with E-state index in [9.17, 15) is 9.59 Å². The van der Waals surface area contributed by atoms with Crippen molar-refractivity contribution in [3.63, 3.8) is 0 Å². The Labute approximate surface area is 112 Å². The fourth-order valence-corrected chi connectivity index (χ4v) is 2.29. The molecule has 0 bridgehead atoms. The van der Waals surface area contributed by atoms with E-state index < -0.39 is 0 Å². The molecule has 0 aliphatic heterocycles. The van der Waals surface area contributed by atoms with Crippen molar-refractivity contribution in [1.82, 2.24) is 10.2 Å². The Morgan fingerprint density at radius 3 is 2.67 bits per heavy atom. The summed E-state index contributed by atoms with van der Waals surface area (Å²) in [5.41, 5.74) is 0. The summed E-state index contributed by atoms with van der Waals surface area (Å²) >= 11 is 1.56. The van der Waals surface area contributed by atoms with Crippen molar-refractivity contribution in [2.75, 3.05) is 13.1 Å². The number of nitrogens with zero attached hydrogens (tertiary/aromatic N) is 1. The third-order valence-electron chi connectivity index (χ3n) is 2.42. The lowest BCUT2D eigenvalue weighted by molar-refractivity contribution is -0.135. The molecule has 2 amide bonds. The van der Waals surface area contributed by atoms with Crippen LogP contribution in [0.25, 0.3) is 0 Å². The van der Waals surface area contributed by atoms with Gasteiger partial charge in [-0.3, -0.25) is 9.59 Å². The first-order valence-electron chi connectivity index (χ1n) is 6.12. The number of carbonyl (C=O) groups is 2. The summed E-state index contributed by atoms with van der Waals surface area (Å²) in [4.78, 5) is 26.3. The molecule has 1 rings (SSSR count). The first-order chi connectivity index (χ1) is 8.52.